The number of nitrogens with zero attached hydrogens (tertiary/aromatic N) is 2. The van der Waals surface area contributed by atoms with Crippen molar-refractivity contribution >= 4 is 16.9 Å². The Balaban J connectivity index is 0.000000847. The highest BCUT2D eigenvalue weighted by molar-refractivity contribution is 8.14. The highest BCUT2D eigenvalue weighted by Gasteiger charge is 2.34. The number of rotatable bonds is 3. The number of piperidine rings is 1. The quantitative estimate of drug-likeness (QED) is 0.778. The third-order valence-corrected chi connectivity index (χ3v) is 5.14. The van der Waals surface area contributed by atoms with Gasteiger partial charge in [-0.25, -0.2) is 0 Å². The van der Waals surface area contributed by atoms with E-state index in [-0.39, 0.29) is 6.10 Å². The fourth-order valence-electron chi connectivity index (χ4n) is 2.84. The van der Waals surface area contributed by atoms with E-state index in [1.165, 1.54) is 5.56 Å². The molecule has 3 rings (SSSR count). The number of aliphatic imine (C=N–C) groups is 1. The molecule has 0 bridgehead atoms. The number of amidine groups is 1. The predicted molar refractivity (Wildman–Crippen MR) is 91.8 cm³/mol. The zero-order valence-electron chi connectivity index (χ0n) is 13.0. The lowest BCUT2D eigenvalue weighted by Gasteiger charge is -2.33. The first-order valence-corrected chi connectivity index (χ1v) is 8.59. The number of benzene rings is 1. The van der Waals surface area contributed by atoms with Crippen LogP contribution in [0.5, 0.6) is 0 Å². The SMILES string of the molecule is CO.NCc1cccc(CN=C2SCC3CC(O)CCN23)c1. The molecule has 6 heteroatoms. The lowest BCUT2D eigenvalue weighted by atomic mass is 10.0. The van der Waals surface area contributed by atoms with E-state index in [1.54, 1.807) is 0 Å². The third-order valence-electron chi connectivity index (χ3n) is 3.96. The highest BCUT2D eigenvalue weighted by atomic mass is 32.2. The maximum Gasteiger partial charge on any atom is 0.159 e. The van der Waals surface area contributed by atoms with E-state index < -0.39 is 0 Å². The van der Waals surface area contributed by atoms with Gasteiger partial charge in [0, 0.05) is 32.0 Å². The van der Waals surface area contributed by atoms with Gasteiger partial charge in [-0.3, -0.25) is 4.99 Å². The van der Waals surface area contributed by atoms with Crippen molar-refractivity contribution in [1.29, 1.82) is 0 Å². The highest BCUT2D eigenvalue weighted by Crippen LogP contribution is 2.31. The Morgan fingerprint density at radius 1 is 1.36 bits per heavy atom. The van der Waals surface area contributed by atoms with Gasteiger partial charge in [0.1, 0.15) is 0 Å². The largest absolute Gasteiger partial charge is 0.400 e. The van der Waals surface area contributed by atoms with Crippen molar-refractivity contribution in [3.8, 4) is 0 Å². The van der Waals surface area contributed by atoms with Crippen molar-refractivity contribution in [1.82, 2.24) is 4.90 Å². The Morgan fingerprint density at radius 3 is 2.91 bits per heavy atom. The summed E-state index contributed by atoms with van der Waals surface area (Å²) in [6.07, 6.45) is 1.62. The van der Waals surface area contributed by atoms with Gasteiger partial charge in [0.05, 0.1) is 12.6 Å². The standard InChI is InChI=1S/C15H21N3OS.CH4O/c16-8-11-2-1-3-12(6-11)9-17-15-18-5-4-14(19)7-13(18)10-20-15;1-2/h1-3,6,13-14,19H,4-5,7-10,16H2;2H,1H3. The summed E-state index contributed by atoms with van der Waals surface area (Å²) in [6, 6.07) is 8.78. The second-order valence-corrected chi connectivity index (χ2v) is 6.45. The summed E-state index contributed by atoms with van der Waals surface area (Å²) in [6.45, 7) is 2.22. The predicted octanol–water partition coefficient (Wildman–Crippen LogP) is 1.18. The third kappa shape index (κ3) is 4.23. The molecule has 1 aromatic rings. The second kappa shape index (κ2) is 8.53. The van der Waals surface area contributed by atoms with Crippen molar-refractivity contribution < 1.29 is 10.2 Å². The van der Waals surface area contributed by atoms with Crippen LogP contribution in [0.25, 0.3) is 0 Å². The van der Waals surface area contributed by atoms with E-state index in [4.69, 9.17) is 15.8 Å². The van der Waals surface area contributed by atoms with Gasteiger partial charge in [0.25, 0.3) is 0 Å². The molecule has 0 aliphatic carbocycles. The molecule has 0 saturated carbocycles. The van der Waals surface area contributed by atoms with Crippen LogP contribution in [-0.2, 0) is 13.1 Å². The second-order valence-electron chi connectivity index (χ2n) is 5.46. The Hall–Kier alpha value is -1.08. The van der Waals surface area contributed by atoms with Crippen LogP contribution in [0.4, 0.5) is 0 Å². The molecule has 2 saturated heterocycles. The summed E-state index contributed by atoms with van der Waals surface area (Å²) in [5.74, 6) is 1.05. The molecule has 22 heavy (non-hydrogen) atoms. The number of nitrogens with two attached hydrogens (primary N) is 1. The lowest BCUT2D eigenvalue weighted by molar-refractivity contribution is 0.0863. The number of thioether (sulfide) groups is 1. The number of hydrogen-bond donors (Lipinski definition) is 3. The fraction of sp³-hybridized carbons (Fsp3) is 0.562. The maximum absolute atomic E-state index is 9.72. The van der Waals surface area contributed by atoms with Gasteiger partial charge >= 0.3 is 0 Å². The van der Waals surface area contributed by atoms with Crippen molar-refractivity contribution in [3.63, 3.8) is 0 Å². The molecular weight excluding hydrogens is 298 g/mol. The van der Waals surface area contributed by atoms with E-state index in [0.29, 0.717) is 19.1 Å². The van der Waals surface area contributed by atoms with Crippen molar-refractivity contribution in [2.24, 2.45) is 10.7 Å². The molecule has 0 spiro atoms. The van der Waals surface area contributed by atoms with E-state index in [0.717, 1.165) is 43.0 Å². The van der Waals surface area contributed by atoms with Crippen LogP contribution in [0, 0.1) is 0 Å². The first-order valence-electron chi connectivity index (χ1n) is 7.61. The van der Waals surface area contributed by atoms with E-state index in [2.05, 4.69) is 17.0 Å². The normalized spacial score (nSPS) is 25.6. The Labute approximate surface area is 136 Å². The summed E-state index contributed by atoms with van der Waals surface area (Å²) in [5.41, 5.74) is 8.03. The van der Waals surface area contributed by atoms with Gasteiger partial charge in [0.15, 0.2) is 5.17 Å². The first-order chi connectivity index (χ1) is 10.8. The van der Waals surface area contributed by atoms with Crippen molar-refractivity contribution in [3.05, 3.63) is 35.4 Å². The molecule has 4 N–H and O–H groups in total. The monoisotopic (exact) mass is 323 g/mol. The molecule has 2 fully saturated rings. The summed E-state index contributed by atoms with van der Waals surface area (Å²) in [4.78, 5) is 7.13. The molecule has 5 nitrogen and oxygen atoms in total. The van der Waals surface area contributed by atoms with Crippen molar-refractivity contribution in [2.45, 2.75) is 38.1 Å². The molecular formula is C16H25N3O2S. The average Bonchev–Trinajstić information content (AvgIpc) is 2.97. The van der Waals surface area contributed by atoms with Gasteiger partial charge in [-0.15, -0.1) is 0 Å². The Bertz CT molecular complexity index is 510. The Morgan fingerprint density at radius 2 is 2.14 bits per heavy atom. The molecule has 2 aliphatic rings. The minimum atomic E-state index is -0.127. The molecule has 2 unspecified atom stereocenters. The van der Waals surface area contributed by atoms with Crippen LogP contribution < -0.4 is 5.73 Å². The number of hydrogen-bond acceptors (Lipinski definition) is 5. The summed E-state index contributed by atoms with van der Waals surface area (Å²) >= 11 is 1.82. The molecule has 1 aromatic carbocycles. The number of aliphatic hydroxyl groups is 2. The number of aliphatic hydroxyl groups excluding tert-OH is 2. The smallest absolute Gasteiger partial charge is 0.159 e. The topological polar surface area (TPSA) is 82.1 Å². The zero-order valence-corrected chi connectivity index (χ0v) is 13.8. The van der Waals surface area contributed by atoms with Crippen LogP contribution in [0.15, 0.2) is 29.3 Å². The molecule has 2 aliphatic heterocycles. The van der Waals surface area contributed by atoms with Gasteiger partial charge in [-0.1, -0.05) is 36.0 Å². The van der Waals surface area contributed by atoms with Crippen molar-refractivity contribution in [2.75, 3.05) is 19.4 Å². The first kappa shape index (κ1) is 17.3. The maximum atomic E-state index is 9.72. The van der Waals surface area contributed by atoms with Crippen LogP contribution in [0.2, 0.25) is 0 Å². The minimum Gasteiger partial charge on any atom is -0.400 e. The van der Waals surface area contributed by atoms with Gasteiger partial charge < -0.3 is 20.8 Å². The van der Waals surface area contributed by atoms with E-state index >= 15 is 0 Å². The van der Waals surface area contributed by atoms with Gasteiger partial charge in [0.2, 0.25) is 0 Å². The fourth-order valence-corrected chi connectivity index (χ4v) is 4.06. The van der Waals surface area contributed by atoms with E-state index in [1.807, 2.05) is 23.9 Å². The summed E-state index contributed by atoms with van der Waals surface area (Å²) < 4.78 is 0. The molecule has 122 valence electrons. The van der Waals surface area contributed by atoms with Crippen LogP contribution >= 0.6 is 11.8 Å². The number of fused-ring (bicyclic) bond motifs is 1. The molecule has 2 heterocycles. The van der Waals surface area contributed by atoms with Crippen LogP contribution in [0.1, 0.15) is 24.0 Å². The average molecular weight is 323 g/mol. The van der Waals surface area contributed by atoms with Gasteiger partial charge in [-0.05, 0) is 24.0 Å². The van der Waals surface area contributed by atoms with Crippen LogP contribution in [0.3, 0.4) is 0 Å². The van der Waals surface area contributed by atoms with E-state index in [9.17, 15) is 5.11 Å². The molecule has 2 atom stereocenters. The summed E-state index contributed by atoms with van der Waals surface area (Å²) in [7, 11) is 1.00. The zero-order chi connectivity index (χ0) is 15.9. The molecule has 0 aromatic heterocycles. The minimum absolute atomic E-state index is 0.127. The van der Waals surface area contributed by atoms with Gasteiger partial charge in [-0.2, -0.15) is 0 Å². The van der Waals surface area contributed by atoms with Crippen LogP contribution in [-0.4, -0.2) is 51.8 Å². The molecule has 0 radical (unpaired) electrons. The molecule has 0 amide bonds. The Kier molecular flexibility index (Phi) is 6.70. The lowest BCUT2D eigenvalue weighted by Crippen LogP contribution is -2.43. The summed E-state index contributed by atoms with van der Waals surface area (Å²) in [5, 5.41) is 17.9.